The van der Waals surface area contributed by atoms with Crippen LogP contribution in [0.15, 0.2) is 82.7 Å². The van der Waals surface area contributed by atoms with E-state index in [0.717, 1.165) is 11.1 Å². The second kappa shape index (κ2) is 10.4. The van der Waals surface area contributed by atoms with E-state index >= 15 is 0 Å². The number of carbonyl (C=O) groups excluding carboxylic acids is 2. The van der Waals surface area contributed by atoms with Gasteiger partial charge in [0.05, 0.1) is 23.3 Å². The van der Waals surface area contributed by atoms with Gasteiger partial charge in [-0.1, -0.05) is 54.1 Å². The molecule has 0 aliphatic carbocycles. The normalized spacial score (nSPS) is 15.5. The van der Waals surface area contributed by atoms with Crippen LogP contribution in [0, 0.1) is 0 Å². The van der Waals surface area contributed by atoms with E-state index in [2.05, 4.69) is 10.3 Å². The van der Waals surface area contributed by atoms with Crippen LogP contribution in [0.2, 0.25) is 5.02 Å². The van der Waals surface area contributed by atoms with Gasteiger partial charge in [0, 0.05) is 10.6 Å². The lowest BCUT2D eigenvalue weighted by molar-refractivity contribution is -0.115. The lowest BCUT2D eigenvalue weighted by Crippen LogP contribution is -2.19. The third-order valence-electron chi connectivity index (χ3n) is 4.71. The zero-order valence-electron chi connectivity index (χ0n) is 17.6. The topological polar surface area (TPSA) is 77.0 Å². The van der Waals surface area contributed by atoms with Crippen molar-refractivity contribution in [3.63, 3.8) is 0 Å². The number of benzene rings is 3. The molecule has 33 heavy (non-hydrogen) atoms. The predicted octanol–water partition coefficient (Wildman–Crippen LogP) is 5.60. The van der Waals surface area contributed by atoms with E-state index in [-0.39, 0.29) is 5.91 Å². The summed E-state index contributed by atoms with van der Waals surface area (Å²) in [6, 6.07) is 21.7. The first kappa shape index (κ1) is 22.6. The fourth-order valence-electron chi connectivity index (χ4n) is 3.03. The van der Waals surface area contributed by atoms with Crippen LogP contribution in [-0.4, -0.2) is 24.2 Å². The Labute approximate surface area is 200 Å². The second-order valence-corrected chi connectivity index (χ2v) is 8.38. The van der Waals surface area contributed by atoms with E-state index in [1.807, 2.05) is 48.5 Å². The highest BCUT2D eigenvalue weighted by atomic mass is 35.5. The number of amidine groups is 1. The summed E-state index contributed by atoms with van der Waals surface area (Å²) < 4.78 is 10.6. The van der Waals surface area contributed by atoms with E-state index < -0.39 is 5.97 Å². The quantitative estimate of drug-likeness (QED) is 0.368. The number of ether oxygens (including phenoxy) is 2. The van der Waals surface area contributed by atoms with Gasteiger partial charge in [-0.2, -0.15) is 0 Å². The number of nitrogens with one attached hydrogen (secondary N) is 1. The third kappa shape index (κ3) is 5.63. The summed E-state index contributed by atoms with van der Waals surface area (Å²) >= 11 is 7.36. The van der Waals surface area contributed by atoms with Gasteiger partial charge in [0.1, 0.15) is 12.4 Å². The molecule has 1 saturated heterocycles. The third-order valence-corrected chi connectivity index (χ3v) is 5.99. The highest BCUT2D eigenvalue weighted by Crippen LogP contribution is 2.30. The molecule has 3 aromatic carbocycles. The van der Waals surface area contributed by atoms with E-state index in [1.54, 1.807) is 30.3 Å². The van der Waals surface area contributed by atoms with Crippen LogP contribution in [0.4, 0.5) is 5.69 Å². The van der Waals surface area contributed by atoms with Crippen LogP contribution < -0.4 is 10.1 Å². The Hall–Kier alpha value is -3.55. The molecule has 0 radical (unpaired) electrons. The molecule has 1 fully saturated rings. The Balaban J connectivity index is 1.45. The molecule has 1 amide bonds. The summed E-state index contributed by atoms with van der Waals surface area (Å²) in [6.07, 6.45) is 1.77. The summed E-state index contributed by atoms with van der Waals surface area (Å²) in [5.41, 5.74) is 2.50. The van der Waals surface area contributed by atoms with E-state index in [0.29, 0.717) is 38.7 Å². The van der Waals surface area contributed by atoms with Crippen LogP contribution in [0.1, 0.15) is 21.5 Å². The van der Waals surface area contributed by atoms with Crippen molar-refractivity contribution in [1.82, 2.24) is 5.32 Å². The molecule has 1 N–H and O–H groups in total. The molecular formula is C25H19ClN2O4S. The first-order valence-corrected chi connectivity index (χ1v) is 11.2. The minimum atomic E-state index is -0.489. The molecule has 0 saturated carbocycles. The van der Waals surface area contributed by atoms with Gasteiger partial charge < -0.3 is 14.8 Å². The molecule has 0 aromatic heterocycles. The first-order valence-electron chi connectivity index (χ1n) is 9.96. The monoisotopic (exact) mass is 478 g/mol. The molecule has 1 heterocycles. The summed E-state index contributed by atoms with van der Waals surface area (Å²) in [5, 5.41) is 3.78. The lowest BCUT2D eigenvalue weighted by Gasteiger charge is -2.08. The average molecular weight is 479 g/mol. The molecular weight excluding hydrogens is 460 g/mol. The van der Waals surface area contributed by atoms with Crippen LogP contribution >= 0.6 is 23.4 Å². The van der Waals surface area contributed by atoms with E-state index in [9.17, 15) is 9.59 Å². The van der Waals surface area contributed by atoms with Gasteiger partial charge in [-0.05, 0) is 53.7 Å². The number of methoxy groups -OCH3 is 1. The fourth-order valence-corrected chi connectivity index (χ4v) is 4.06. The van der Waals surface area contributed by atoms with Crippen molar-refractivity contribution >= 4 is 52.2 Å². The van der Waals surface area contributed by atoms with Crippen molar-refractivity contribution in [3.05, 3.63) is 99.4 Å². The minimum Gasteiger partial charge on any atom is -0.489 e. The summed E-state index contributed by atoms with van der Waals surface area (Å²) in [7, 11) is 1.31. The number of nitrogens with zero attached hydrogens (tertiary/aromatic N) is 1. The van der Waals surface area contributed by atoms with Gasteiger partial charge in [-0.3, -0.25) is 4.79 Å². The Morgan fingerprint density at radius 1 is 1.06 bits per heavy atom. The zero-order chi connectivity index (χ0) is 23.2. The number of amides is 1. The van der Waals surface area contributed by atoms with Gasteiger partial charge in [-0.15, -0.1) is 0 Å². The molecule has 0 atom stereocenters. The highest BCUT2D eigenvalue weighted by molar-refractivity contribution is 8.18. The van der Waals surface area contributed by atoms with E-state index in [1.165, 1.54) is 18.9 Å². The maximum absolute atomic E-state index is 12.4. The van der Waals surface area contributed by atoms with Crippen molar-refractivity contribution in [3.8, 4) is 5.75 Å². The fraction of sp³-hybridized carbons (Fsp3) is 0.0800. The molecule has 166 valence electrons. The van der Waals surface area contributed by atoms with Gasteiger partial charge in [0.2, 0.25) is 0 Å². The van der Waals surface area contributed by atoms with Crippen molar-refractivity contribution in [1.29, 1.82) is 0 Å². The number of hydrogen-bond acceptors (Lipinski definition) is 6. The molecule has 0 unspecified atom stereocenters. The highest BCUT2D eigenvalue weighted by Gasteiger charge is 2.24. The molecule has 8 heteroatoms. The Kier molecular flexibility index (Phi) is 7.12. The number of para-hydroxylation sites is 1. The number of rotatable bonds is 6. The molecule has 3 aromatic rings. The Bertz CT molecular complexity index is 1260. The van der Waals surface area contributed by atoms with Crippen LogP contribution in [0.25, 0.3) is 6.08 Å². The smallest absolute Gasteiger partial charge is 0.340 e. The number of hydrogen-bond donors (Lipinski definition) is 1. The second-order valence-electron chi connectivity index (χ2n) is 6.94. The summed E-state index contributed by atoms with van der Waals surface area (Å²) in [5.74, 6) is -0.0486. The largest absolute Gasteiger partial charge is 0.489 e. The predicted molar refractivity (Wildman–Crippen MR) is 131 cm³/mol. The molecule has 6 nitrogen and oxygen atoms in total. The Morgan fingerprint density at radius 2 is 1.79 bits per heavy atom. The van der Waals surface area contributed by atoms with Crippen LogP contribution in [0.5, 0.6) is 5.75 Å². The molecule has 1 aliphatic rings. The van der Waals surface area contributed by atoms with Gasteiger partial charge in [-0.25, -0.2) is 9.79 Å². The maximum atomic E-state index is 12.4. The molecule has 0 spiro atoms. The molecule has 1 aliphatic heterocycles. The number of esters is 1. The molecule has 0 bridgehead atoms. The van der Waals surface area contributed by atoms with Crippen molar-refractivity contribution in [2.24, 2.45) is 4.99 Å². The lowest BCUT2D eigenvalue weighted by atomic mass is 10.2. The van der Waals surface area contributed by atoms with Crippen LogP contribution in [-0.2, 0) is 16.1 Å². The summed E-state index contributed by atoms with van der Waals surface area (Å²) in [4.78, 5) is 29.3. The number of aliphatic imine (C=N–C) groups is 1. The van der Waals surface area contributed by atoms with Gasteiger partial charge >= 0.3 is 5.97 Å². The van der Waals surface area contributed by atoms with Gasteiger partial charge in [0.15, 0.2) is 5.17 Å². The minimum absolute atomic E-state index is 0.256. The average Bonchev–Trinajstić information content (AvgIpc) is 3.17. The molecule has 4 rings (SSSR count). The summed E-state index contributed by atoms with van der Waals surface area (Å²) in [6.45, 7) is 0.366. The number of carbonyl (C=O) groups is 2. The maximum Gasteiger partial charge on any atom is 0.340 e. The zero-order valence-corrected chi connectivity index (χ0v) is 19.2. The van der Waals surface area contributed by atoms with Crippen molar-refractivity contribution in [2.75, 3.05) is 7.11 Å². The van der Waals surface area contributed by atoms with Crippen LogP contribution in [0.3, 0.4) is 0 Å². The number of halogens is 1. The Morgan fingerprint density at radius 3 is 2.55 bits per heavy atom. The SMILES string of the molecule is COC(=O)c1ccccc1N=C1NC(=O)/C(=C/c2ccc(OCc3ccccc3Cl)cc2)S1. The van der Waals surface area contributed by atoms with Crippen molar-refractivity contribution in [2.45, 2.75) is 6.61 Å². The van der Waals surface area contributed by atoms with Gasteiger partial charge in [0.25, 0.3) is 5.91 Å². The standard InChI is InChI=1S/C25H19ClN2O4S/c1-31-24(30)19-7-3-5-9-21(19)27-25-28-23(29)22(33-25)14-16-10-12-18(13-11-16)32-15-17-6-2-4-8-20(17)26/h2-14H,15H2,1H3,(H,27,28,29)/b22-14-. The van der Waals surface area contributed by atoms with E-state index in [4.69, 9.17) is 21.1 Å². The number of thioether (sulfide) groups is 1. The van der Waals surface area contributed by atoms with Crippen molar-refractivity contribution < 1.29 is 19.1 Å². The first-order chi connectivity index (χ1) is 16.0.